The van der Waals surface area contributed by atoms with Gasteiger partial charge in [0.05, 0.1) is 11.8 Å². The smallest absolute Gasteiger partial charge is 0.145 e. The van der Waals surface area contributed by atoms with Crippen molar-refractivity contribution in [1.82, 2.24) is 0 Å². The van der Waals surface area contributed by atoms with Gasteiger partial charge in [0.25, 0.3) is 0 Å². The van der Waals surface area contributed by atoms with Crippen LogP contribution in [0.15, 0.2) is 12.1 Å². The molecule has 0 bridgehead atoms. The second kappa shape index (κ2) is 4.33. The zero-order valence-corrected chi connectivity index (χ0v) is 8.87. The summed E-state index contributed by atoms with van der Waals surface area (Å²) in [6, 6.07) is 3.87. The molecule has 3 N–H and O–H groups in total. The van der Waals surface area contributed by atoms with Gasteiger partial charge in [-0.2, -0.15) is 0 Å². The van der Waals surface area contributed by atoms with Gasteiger partial charge in [-0.15, -0.1) is 0 Å². The van der Waals surface area contributed by atoms with Crippen LogP contribution >= 0.6 is 0 Å². The Hall–Kier alpha value is -1.22. The molecule has 3 heteroatoms. The lowest BCUT2D eigenvalue weighted by Crippen LogP contribution is -2.14. The Bertz CT molecular complexity index is 298. The van der Waals surface area contributed by atoms with Crippen molar-refractivity contribution in [2.24, 2.45) is 0 Å². The Morgan fingerprint density at radius 1 is 1.43 bits per heavy atom. The van der Waals surface area contributed by atoms with E-state index in [0.717, 1.165) is 11.1 Å². The predicted molar refractivity (Wildman–Crippen MR) is 57.5 cm³/mol. The van der Waals surface area contributed by atoms with E-state index in [1.54, 1.807) is 6.92 Å². The molecule has 0 aliphatic heterocycles. The van der Waals surface area contributed by atoms with Gasteiger partial charge in [-0.3, -0.25) is 0 Å². The van der Waals surface area contributed by atoms with Gasteiger partial charge in [0, 0.05) is 0 Å². The number of aryl methyl sites for hydroxylation is 2. The fourth-order valence-electron chi connectivity index (χ4n) is 1.39. The lowest BCUT2D eigenvalue weighted by Gasteiger charge is -2.13. The summed E-state index contributed by atoms with van der Waals surface area (Å²) in [6.07, 6.45) is -0.477. The van der Waals surface area contributed by atoms with E-state index in [4.69, 9.17) is 15.6 Å². The SMILES string of the molecule is Cc1cc(C)c(OCC(C)O)c(N)c1. The number of anilines is 1. The molecule has 0 aliphatic carbocycles. The minimum absolute atomic E-state index is 0.272. The molecule has 78 valence electrons. The van der Waals surface area contributed by atoms with Crippen molar-refractivity contribution in [3.05, 3.63) is 23.3 Å². The normalized spacial score (nSPS) is 12.6. The van der Waals surface area contributed by atoms with E-state index in [0.29, 0.717) is 11.4 Å². The third-order valence-electron chi connectivity index (χ3n) is 1.92. The molecule has 0 saturated heterocycles. The van der Waals surface area contributed by atoms with Crippen molar-refractivity contribution in [2.75, 3.05) is 12.3 Å². The van der Waals surface area contributed by atoms with Crippen LogP contribution in [-0.4, -0.2) is 17.8 Å². The Balaban J connectivity index is 2.86. The highest BCUT2D eigenvalue weighted by Crippen LogP contribution is 2.27. The molecule has 0 saturated carbocycles. The van der Waals surface area contributed by atoms with Gasteiger partial charge in [0.1, 0.15) is 12.4 Å². The largest absolute Gasteiger partial charge is 0.488 e. The molecule has 0 aliphatic rings. The van der Waals surface area contributed by atoms with E-state index in [9.17, 15) is 0 Å². The molecule has 1 aromatic rings. The van der Waals surface area contributed by atoms with Crippen LogP contribution in [0.25, 0.3) is 0 Å². The summed E-state index contributed by atoms with van der Waals surface area (Å²) < 4.78 is 5.41. The standard InChI is InChI=1S/C11H17NO2/c1-7-4-8(2)11(10(12)5-7)14-6-9(3)13/h4-5,9,13H,6,12H2,1-3H3. The van der Waals surface area contributed by atoms with E-state index in [1.165, 1.54) is 0 Å². The molecule has 1 unspecified atom stereocenters. The highest BCUT2D eigenvalue weighted by molar-refractivity contribution is 5.58. The number of hydrogen-bond acceptors (Lipinski definition) is 3. The van der Waals surface area contributed by atoms with Crippen molar-refractivity contribution in [2.45, 2.75) is 26.9 Å². The average molecular weight is 195 g/mol. The van der Waals surface area contributed by atoms with Crippen LogP contribution in [0.4, 0.5) is 5.69 Å². The van der Waals surface area contributed by atoms with Crippen molar-refractivity contribution in [3.8, 4) is 5.75 Å². The van der Waals surface area contributed by atoms with Crippen molar-refractivity contribution < 1.29 is 9.84 Å². The summed E-state index contributed by atoms with van der Waals surface area (Å²) in [4.78, 5) is 0. The molecule has 1 rings (SSSR count). The lowest BCUT2D eigenvalue weighted by atomic mass is 10.1. The second-order valence-corrected chi connectivity index (χ2v) is 3.66. The maximum Gasteiger partial charge on any atom is 0.145 e. The highest BCUT2D eigenvalue weighted by Gasteiger charge is 2.06. The summed E-state index contributed by atoms with van der Waals surface area (Å²) in [7, 11) is 0. The molecule has 1 atom stereocenters. The molecular weight excluding hydrogens is 178 g/mol. The minimum Gasteiger partial charge on any atom is -0.488 e. The van der Waals surface area contributed by atoms with Crippen LogP contribution in [0.1, 0.15) is 18.1 Å². The van der Waals surface area contributed by atoms with E-state index >= 15 is 0 Å². The summed E-state index contributed by atoms with van der Waals surface area (Å²) in [6.45, 7) is 5.89. The van der Waals surface area contributed by atoms with E-state index in [-0.39, 0.29) is 6.61 Å². The first-order chi connectivity index (χ1) is 6.50. The van der Waals surface area contributed by atoms with Gasteiger partial charge >= 0.3 is 0 Å². The van der Waals surface area contributed by atoms with E-state index in [1.807, 2.05) is 26.0 Å². The van der Waals surface area contributed by atoms with Gasteiger partial charge in [0.2, 0.25) is 0 Å². The van der Waals surface area contributed by atoms with Crippen LogP contribution in [0.2, 0.25) is 0 Å². The Morgan fingerprint density at radius 2 is 2.07 bits per heavy atom. The van der Waals surface area contributed by atoms with E-state index in [2.05, 4.69) is 0 Å². The Morgan fingerprint density at radius 3 is 2.57 bits per heavy atom. The number of rotatable bonds is 3. The fraction of sp³-hybridized carbons (Fsp3) is 0.455. The van der Waals surface area contributed by atoms with Crippen LogP contribution in [0, 0.1) is 13.8 Å². The molecule has 0 radical (unpaired) electrons. The summed E-state index contributed by atoms with van der Waals surface area (Å²) in [5.41, 5.74) is 8.55. The van der Waals surface area contributed by atoms with Crippen LogP contribution in [0.3, 0.4) is 0 Å². The summed E-state index contributed by atoms with van der Waals surface area (Å²) in [5, 5.41) is 9.08. The molecule has 3 nitrogen and oxygen atoms in total. The van der Waals surface area contributed by atoms with Crippen LogP contribution in [-0.2, 0) is 0 Å². The Kier molecular flexibility index (Phi) is 3.36. The van der Waals surface area contributed by atoms with E-state index < -0.39 is 6.10 Å². The first-order valence-corrected chi connectivity index (χ1v) is 4.68. The fourth-order valence-corrected chi connectivity index (χ4v) is 1.39. The highest BCUT2D eigenvalue weighted by atomic mass is 16.5. The van der Waals surface area contributed by atoms with Crippen molar-refractivity contribution in [3.63, 3.8) is 0 Å². The molecule has 0 fully saturated rings. The molecule has 1 aromatic carbocycles. The molecular formula is C11H17NO2. The van der Waals surface area contributed by atoms with Crippen molar-refractivity contribution >= 4 is 5.69 Å². The predicted octanol–water partition coefficient (Wildman–Crippen LogP) is 1.65. The number of aliphatic hydroxyl groups is 1. The zero-order valence-electron chi connectivity index (χ0n) is 8.87. The molecule has 0 spiro atoms. The zero-order chi connectivity index (χ0) is 10.7. The number of benzene rings is 1. The molecule has 0 amide bonds. The second-order valence-electron chi connectivity index (χ2n) is 3.66. The third-order valence-corrected chi connectivity index (χ3v) is 1.92. The monoisotopic (exact) mass is 195 g/mol. The maximum absolute atomic E-state index is 9.08. The minimum atomic E-state index is -0.477. The van der Waals surface area contributed by atoms with Crippen molar-refractivity contribution in [1.29, 1.82) is 0 Å². The first-order valence-electron chi connectivity index (χ1n) is 4.68. The van der Waals surface area contributed by atoms with Gasteiger partial charge < -0.3 is 15.6 Å². The quantitative estimate of drug-likeness (QED) is 0.721. The van der Waals surface area contributed by atoms with Gasteiger partial charge in [-0.1, -0.05) is 6.07 Å². The lowest BCUT2D eigenvalue weighted by molar-refractivity contribution is 0.123. The number of hydrogen-bond donors (Lipinski definition) is 2. The maximum atomic E-state index is 9.08. The summed E-state index contributed by atoms with van der Waals surface area (Å²) >= 11 is 0. The summed E-state index contributed by atoms with van der Waals surface area (Å²) in [5.74, 6) is 0.677. The number of aliphatic hydroxyl groups excluding tert-OH is 1. The number of nitrogen functional groups attached to an aromatic ring is 1. The number of nitrogens with two attached hydrogens (primary N) is 1. The van der Waals surface area contributed by atoms with Gasteiger partial charge in [0.15, 0.2) is 0 Å². The Labute approximate surface area is 84.5 Å². The molecule has 0 heterocycles. The van der Waals surface area contributed by atoms with Crippen LogP contribution in [0.5, 0.6) is 5.75 Å². The van der Waals surface area contributed by atoms with Gasteiger partial charge in [-0.05, 0) is 38.0 Å². The topological polar surface area (TPSA) is 55.5 Å². The first kappa shape index (κ1) is 10.9. The molecule has 0 aromatic heterocycles. The van der Waals surface area contributed by atoms with Crippen LogP contribution < -0.4 is 10.5 Å². The third kappa shape index (κ3) is 2.64. The molecule has 14 heavy (non-hydrogen) atoms. The number of ether oxygens (including phenoxy) is 1. The average Bonchev–Trinajstić information content (AvgIpc) is 2.01. The van der Waals surface area contributed by atoms with Gasteiger partial charge in [-0.25, -0.2) is 0 Å².